The fourth-order valence-electron chi connectivity index (χ4n) is 4.94. The molecule has 1 aliphatic heterocycles. The van der Waals surface area contributed by atoms with Crippen LogP contribution in [0.3, 0.4) is 0 Å². The maximum Gasteiger partial charge on any atom is 0.573 e. The van der Waals surface area contributed by atoms with Gasteiger partial charge in [0, 0.05) is 18.9 Å². The summed E-state index contributed by atoms with van der Waals surface area (Å²) in [6.45, 7) is 7.16. The van der Waals surface area contributed by atoms with E-state index in [-0.39, 0.29) is 49.6 Å². The van der Waals surface area contributed by atoms with E-state index in [2.05, 4.69) is 10.1 Å². The van der Waals surface area contributed by atoms with Gasteiger partial charge in [0.05, 0.1) is 25.4 Å². The molecular weight excluding hydrogens is 522 g/mol. The Hall–Kier alpha value is -2.73. The second-order valence-corrected chi connectivity index (χ2v) is 10.6. The van der Waals surface area contributed by atoms with Crippen LogP contribution in [0.15, 0.2) is 48.5 Å². The average Bonchev–Trinajstić information content (AvgIpc) is 3.14. The average molecular weight is 556 g/mol. The van der Waals surface area contributed by atoms with Gasteiger partial charge < -0.3 is 29.0 Å². The summed E-state index contributed by atoms with van der Waals surface area (Å²) in [5.41, 5.74) is -0.241. The Morgan fingerprint density at radius 3 is 2.44 bits per heavy atom. The Balaban J connectivity index is 1.58. The van der Waals surface area contributed by atoms with E-state index in [4.69, 9.17) is 18.9 Å². The van der Waals surface area contributed by atoms with E-state index in [1.807, 2.05) is 13.8 Å². The third-order valence-electron chi connectivity index (χ3n) is 6.51. The largest absolute Gasteiger partial charge is 0.573 e. The lowest BCUT2D eigenvalue weighted by atomic mass is 9.78. The molecule has 0 bridgehead atoms. The lowest BCUT2D eigenvalue weighted by molar-refractivity contribution is -0.274. The first-order valence-electron chi connectivity index (χ1n) is 12.7. The van der Waals surface area contributed by atoms with Crippen LogP contribution in [0, 0.1) is 5.82 Å². The van der Waals surface area contributed by atoms with Crippen molar-refractivity contribution in [1.82, 2.24) is 5.32 Å². The van der Waals surface area contributed by atoms with Crippen molar-refractivity contribution in [2.75, 3.05) is 0 Å². The standard InChI is InChI=1S/C28H33F4NO6/c1-17(2)33-25(34)27(36-16-18-8-10-20(29)11-9-18)13-22(24-23(14-27)38-26(3,4)39-24)35-15-19-6-5-7-21(12-19)37-28(30,31)32/h5-12,17,22-24H,13-16H2,1-4H3,(H,33,34)/t22?,23-,24+,27-/m1/s1. The van der Waals surface area contributed by atoms with Gasteiger partial charge >= 0.3 is 6.36 Å². The summed E-state index contributed by atoms with van der Waals surface area (Å²) in [6.07, 6.45) is -6.30. The summed E-state index contributed by atoms with van der Waals surface area (Å²) in [4.78, 5) is 13.6. The van der Waals surface area contributed by atoms with Gasteiger partial charge in [0.2, 0.25) is 0 Å². The minimum atomic E-state index is -4.82. The van der Waals surface area contributed by atoms with Gasteiger partial charge in [-0.15, -0.1) is 13.2 Å². The van der Waals surface area contributed by atoms with Crippen molar-refractivity contribution in [2.24, 2.45) is 0 Å². The van der Waals surface area contributed by atoms with Crippen molar-refractivity contribution in [3.63, 3.8) is 0 Å². The highest BCUT2D eigenvalue weighted by Gasteiger charge is 2.58. The van der Waals surface area contributed by atoms with Crippen LogP contribution in [0.2, 0.25) is 0 Å². The third kappa shape index (κ3) is 7.69. The molecule has 4 atom stereocenters. The molecule has 1 N–H and O–H groups in total. The molecule has 4 rings (SSSR count). The van der Waals surface area contributed by atoms with Crippen LogP contribution in [0.25, 0.3) is 0 Å². The normalized spacial score (nSPS) is 26.3. The topological polar surface area (TPSA) is 75.3 Å². The first-order valence-corrected chi connectivity index (χ1v) is 12.7. The van der Waals surface area contributed by atoms with Crippen LogP contribution >= 0.6 is 0 Å². The van der Waals surface area contributed by atoms with Gasteiger partial charge in [0.1, 0.15) is 17.7 Å². The monoisotopic (exact) mass is 555 g/mol. The Morgan fingerprint density at radius 2 is 1.77 bits per heavy atom. The molecule has 0 spiro atoms. The number of alkyl halides is 3. The molecule has 2 aliphatic rings. The summed E-state index contributed by atoms with van der Waals surface area (Å²) in [5.74, 6) is -2.04. The van der Waals surface area contributed by atoms with Gasteiger partial charge in [-0.2, -0.15) is 0 Å². The first kappa shape index (κ1) is 29.3. The molecule has 1 aliphatic carbocycles. The highest BCUT2D eigenvalue weighted by molar-refractivity contribution is 5.85. The van der Waals surface area contributed by atoms with Gasteiger partial charge in [0.15, 0.2) is 11.4 Å². The molecule has 214 valence electrons. The molecule has 0 aromatic heterocycles. The van der Waals surface area contributed by atoms with Crippen molar-refractivity contribution >= 4 is 5.91 Å². The molecule has 1 unspecified atom stereocenters. The smallest absolute Gasteiger partial charge is 0.406 e. The number of carbonyl (C=O) groups excluding carboxylic acids is 1. The van der Waals surface area contributed by atoms with E-state index in [0.717, 1.165) is 0 Å². The molecule has 2 aromatic rings. The number of hydrogen-bond donors (Lipinski definition) is 1. The van der Waals surface area contributed by atoms with E-state index in [1.165, 1.54) is 30.3 Å². The van der Waals surface area contributed by atoms with Crippen molar-refractivity contribution < 1.29 is 46.0 Å². The highest BCUT2D eigenvalue weighted by Crippen LogP contribution is 2.44. The number of benzene rings is 2. The number of halogens is 4. The van der Waals surface area contributed by atoms with Gasteiger partial charge in [-0.25, -0.2) is 4.39 Å². The molecule has 11 heteroatoms. The summed E-state index contributed by atoms with van der Waals surface area (Å²) in [7, 11) is 0. The third-order valence-corrected chi connectivity index (χ3v) is 6.51. The van der Waals surface area contributed by atoms with Crippen molar-refractivity contribution in [2.45, 2.75) is 95.9 Å². The van der Waals surface area contributed by atoms with E-state index >= 15 is 0 Å². The maximum absolute atomic E-state index is 13.6. The molecule has 1 saturated heterocycles. The van der Waals surface area contributed by atoms with E-state index in [0.29, 0.717) is 11.1 Å². The minimum absolute atomic E-state index is 0.0387. The Labute approximate surface area is 224 Å². The molecule has 1 saturated carbocycles. The Kier molecular flexibility index (Phi) is 8.55. The second kappa shape index (κ2) is 11.4. The van der Waals surface area contributed by atoms with Gasteiger partial charge in [0.25, 0.3) is 5.91 Å². The molecule has 7 nitrogen and oxygen atoms in total. The summed E-state index contributed by atoms with van der Waals surface area (Å²) in [6, 6.07) is 11.1. The zero-order valence-electron chi connectivity index (χ0n) is 22.2. The number of rotatable bonds is 9. The highest BCUT2D eigenvalue weighted by atomic mass is 19.4. The van der Waals surface area contributed by atoms with Crippen LogP contribution in [0.5, 0.6) is 5.75 Å². The Morgan fingerprint density at radius 1 is 1.05 bits per heavy atom. The van der Waals surface area contributed by atoms with Crippen LogP contribution in [-0.2, 0) is 37.0 Å². The fourth-order valence-corrected chi connectivity index (χ4v) is 4.94. The maximum atomic E-state index is 13.6. The van der Waals surface area contributed by atoms with E-state index < -0.39 is 36.1 Å². The van der Waals surface area contributed by atoms with E-state index in [1.54, 1.807) is 32.0 Å². The van der Waals surface area contributed by atoms with Crippen LogP contribution in [0.4, 0.5) is 17.6 Å². The summed E-state index contributed by atoms with van der Waals surface area (Å²) < 4.78 is 80.2. The van der Waals surface area contributed by atoms with Gasteiger partial charge in [-0.05, 0) is 63.1 Å². The van der Waals surface area contributed by atoms with E-state index in [9.17, 15) is 22.4 Å². The van der Waals surface area contributed by atoms with Crippen molar-refractivity contribution in [3.8, 4) is 5.75 Å². The zero-order valence-corrected chi connectivity index (χ0v) is 22.2. The predicted molar refractivity (Wildman–Crippen MR) is 132 cm³/mol. The zero-order chi connectivity index (χ0) is 28.4. The summed E-state index contributed by atoms with van der Waals surface area (Å²) >= 11 is 0. The van der Waals surface area contributed by atoms with Crippen molar-refractivity contribution in [3.05, 3.63) is 65.5 Å². The Bertz CT molecular complexity index is 1140. The lowest BCUT2D eigenvalue weighted by Gasteiger charge is -2.43. The minimum Gasteiger partial charge on any atom is -0.406 e. The van der Waals surface area contributed by atoms with Crippen LogP contribution in [0.1, 0.15) is 51.7 Å². The fraction of sp³-hybridized carbons (Fsp3) is 0.536. The number of fused-ring (bicyclic) bond motifs is 1. The molecule has 0 radical (unpaired) electrons. The molecule has 2 aromatic carbocycles. The van der Waals surface area contributed by atoms with Gasteiger partial charge in [-0.3, -0.25) is 4.79 Å². The second-order valence-electron chi connectivity index (χ2n) is 10.6. The lowest BCUT2D eigenvalue weighted by Crippen LogP contribution is -2.60. The van der Waals surface area contributed by atoms with Gasteiger partial charge in [-0.1, -0.05) is 24.3 Å². The van der Waals surface area contributed by atoms with Crippen LogP contribution < -0.4 is 10.1 Å². The number of nitrogens with one attached hydrogen (secondary N) is 1. The predicted octanol–water partition coefficient (Wildman–Crippen LogP) is 5.40. The quantitative estimate of drug-likeness (QED) is 0.418. The number of carbonyl (C=O) groups is 1. The number of amides is 1. The molecule has 1 heterocycles. The molecule has 1 amide bonds. The number of hydrogen-bond acceptors (Lipinski definition) is 6. The van der Waals surface area contributed by atoms with Crippen molar-refractivity contribution in [1.29, 1.82) is 0 Å². The van der Waals surface area contributed by atoms with Crippen LogP contribution in [-0.4, -0.2) is 48.0 Å². The summed E-state index contributed by atoms with van der Waals surface area (Å²) in [5, 5.41) is 2.92. The molecule has 39 heavy (non-hydrogen) atoms. The SMILES string of the molecule is CC(C)NC(=O)[C@@]1(OCc2ccc(F)cc2)CC(OCc2cccc(OC(F)(F)F)c2)[C@@H]2OC(C)(C)O[C@@H]2C1. The first-order chi connectivity index (χ1) is 18.2. The number of ether oxygens (including phenoxy) is 5. The molecule has 2 fully saturated rings. The molecular formula is C28H33F4NO6.